The summed E-state index contributed by atoms with van der Waals surface area (Å²) in [6.07, 6.45) is -0.642. The molecule has 1 saturated heterocycles. The largest absolute Gasteiger partial charge is 0.481 e. The summed E-state index contributed by atoms with van der Waals surface area (Å²) in [5.41, 5.74) is 5.01. The molecule has 1 fully saturated rings. The zero-order valence-electron chi connectivity index (χ0n) is 21.9. The number of nitrogens with one attached hydrogen (secondary N) is 2. The summed E-state index contributed by atoms with van der Waals surface area (Å²) in [5, 5.41) is 14.9. The van der Waals surface area contributed by atoms with Gasteiger partial charge in [0, 0.05) is 25.6 Å². The first-order valence-corrected chi connectivity index (χ1v) is 13.2. The van der Waals surface area contributed by atoms with Crippen LogP contribution in [0.1, 0.15) is 42.4 Å². The second kappa shape index (κ2) is 11.3. The number of likely N-dealkylation sites (tertiary alicyclic amines) is 1. The predicted molar refractivity (Wildman–Crippen MR) is 147 cm³/mol. The van der Waals surface area contributed by atoms with Crippen LogP contribution >= 0.6 is 0 Å². The van der Waals surface area contributed by atoms with E-state index in [1.807, 2.05) is 73.7 Å². The fraction of sp³-hybridized carbons (Fsp3) is 0.323. The molecular weight excluding hydrogens is 494 g/mol. The fourth-order valence-corrected chi connectivity index (χ4v) is 5.69. The lowest BCUT2D eigenvalue weighted by molar-refractivity contribution is -0.140. The lowest BCUT2D eigenvalue weighted by Gasteiger charge is -2.29. The molecule has 0 aromatic heterocycles. The predicted octanol–water partition coefficient (Wildman–Crippen LogP) is 4.15. The van der Waals surface area contributed by atoms with Crippen molar-refractivity contribution in [2.24, 2.45) is 0 Å². The lowest BCUT2D eigenvalue weighted by atomic mass is 9.98. The number of carbonyl (C=O) groups excluding carboxylic acids is 2. The molecule has 0 saturated carbocycles. The number of nitrogens with zero attached hydrogens (tertiary/aromatic N) is 1. The van der Waals surface area contributed by atoms with E-state index in [-0.39, 0.29) is 12.5 Å². The third-order valence-electron chi connectivity index (χ3n) is 7.56. The number of carboxylic acids is 1. The Morgan fingerprint density at radius 3 is 2.23 bits per heavy atom. The molecule has 3 N–H and O–H groups in total. The highest BCUT2D eigenvalue weighted by atomic mass is 16.5. The van der Waals surface area contributed by atoms with E-state index in [1.165, 1.54) is 5.56 Å². The molecule has 202 valence electrons. The lowest BCUT2D eigenvalue weighted by Crippen LogP contribution is -2.56. The van der Waals surface area contributed by atoms with Crippen molar-refractivity contribution in [3.8, 4) is 11.1 Å². The van der Waals surface area contributed by atoms with Crippen LogP contribution in [0.4, 0.5) is 4.79 Å². The van der Waals surface area contributed by atoms with Gasteiger partial charge in [0.25, 0.3) is 0 Å². The Labute approximate surface area is 228 Å². The van der Waals surface area contributed by atoms with Gasteiger partial charge >= 0.3 is 12.1 Å². The molecule has 3 aromatic carbocycles. The summed E-state index contributed by atoms with van der Waals surface area (Å²) >= 11 is 0. The Kier molecular flexibility index (Phi) is 7.65. The first-order chi connectivity index (χ1) is 18.8. The molecule has 0 spiro atoms. The minimum Gasteiger partial charge on any atom is -0.481 e. The van der Waals surface area contributed by atoms with Crippen LogP contribution in [0.25, 0.3) is 11.1 Å². The zero-order chi connectivity index (χ0) is 27.4. The molecule has 5 rings (SSSR count). The number of benzene rings is 3. The van der Waals surface area contributed by atoms with Gasteiger partial charge in [0.2, 0.25) is 5.91 Å². The third-order valence-corrected chi connectivity index (χ3v) is 7.56. The molecular formula is C31H33N3O5. The summed E-state index contributed by atoms with van der Waals surface area (Å²) in [5.74, 6) is -1.85. The van der Waals surface area contributed by atoms with Crippen molar-refractivity contribution in [2.45, 2.75) is 43.8 Å². The van der Waals surface area contributed by atoms with E-state index in [0.717, 1.165) is 41.8 Å². The number of ether oxygens (including phenoxy) is 1. The van der Waals surface area contributed by atoms with Crippen LogP contribution in [0.3, 0.4) is 0 Å². The number of carboxylic acid groups (broad SMARTS) is 1. The molecule has 0 bridgehead atoms. The van der Waals surface area contributed by atoms with Crippen molar-refractivity contribution in [1.82, 2.24) is 15.5 Å². The fourth-order valence-electron chi connectivity index (χ4n) is 5.69. The van der Waals surface area contributed by atoms with Crippen molar-refractivity contribution in [3.05, 3.63) is 95.6 Å². The zero-order valence-corrected chi connectivity index (χ0v) is 21.9. The molecule has 1 heterocycles. The van der Waals surface area contributed by atoms with Gasteiger partial charge in [-0.25, -0.2) is 4.79 Å². The van der Waals surface area contributed by atoms with Gasteiger partial charge in [0.15, 0.2) is 0 Å². The van der Waals surface area contributed by atoms with E-state index in [4.69, 9.17) is 4.74 Å². The maximum absolute atomic E-state index is 13.2. The topological polar surface area (TPSA) is 108 Å². The van der Waals surface area contributed by atoms with Crippen molar-refractivity contribution in [3.63, 3.8) is 0 Å². The standard InChI is InChI=1S/C31H33N3O5/c1-31(15-16-34(20-31)18-21-9-3-2-4-10-21)33-29(37)27(17-28(35)36)32-30(38)39-19-26-24-13-7-5-11-22(24)23-12-6-8-14-25(23)26/h2-14,26-27H,15-20H2,1H3,(H,32,38)(H,33,37)(H,35,36). The van der Waals surface area contributed by atoms with Gasteiger partial charge in [-0.2, -0.15) is 0 Å². The highest BCUT2D eigenvalue weighted by Crippen LogP contribution is 2.44. The molecule has 8 heteroatoms. The van der Waals surface area contributed by atoms with Crippen molar-refractivity contribution < 1.29 is 24.2 Å². The number of hydrogen-bond acceptors (Lipinski definition) is 5. The smallest absolute Gasteiger partial charge is 0.407 e. The quantitative estimate of drug-likeness (QED) is 0.386. The van der Waals surface area contributed by atoms with E-state index in [2.05, 4.69) is 27.7 Å². The van der Waals surface area contributed by atoms with Gasteiger partial charge in [-0.15, -0.1) is 0 Å². The monoisotopic (exact) mass is 527 g/mol. The average molecular weight is 528 g/mol. The van der Waals surface area contributed by atoms with Crippen LogP contribution in [0.15, 0.2) is 78.9 Å². The molecule has 39 heavy (non-hydrogen) atoms. The number of alkyl carbamates (subject to hydrolysis) is 1. The van der Waals surface area contributed by atoms with E-state index in [1.54, 1.807) is 0 Å². The third kappa shape index (κ3) is 6.12. The highest BCUT2D eigenvalue weighted by molar-refractivity contribution is 5.89. The SMILES string of the molecule is CC1(NC(=O)C(CC(=O)O)NC(=O)OCC2c3ccccc3-c3ccccc32)CCN(Cc2ccccc2)C1. The molecule has 1 aliphatic carbocycles. The Bertz CT molecular complexity index is 1320. The number of carbonyl (C=O) groups is 3. The summed E-state index contributed by atoms with van der Waals surface area (Å²) < 4.78 is 5.55. The van der Waals surface area contributed by atoms with Gasteiger partial charge in [-0.05, 0) is 41.2 Å². The Morgan fingerprint density at radius 1 is 0.974 bits per heavy atom. The second-order valence-electron chi connectivity index (χ2n) is 10.6. The molecule has 2 amide bonds. The molecule has 0 radical (unpaired) electrons. The summed E-state index contributed by atoms with van der Waals surface area (Å²) in [4.78, 5) is 39.7. The highest BCUT2D eigenvalue weighted by Gasteiger charge is 2.37. The van der Waals surface area contributed by atoms with Gasteiger partial charge in [-0.3, -0.25) is 14.5 Å². The Balaban J connectivity index is 1.19. The maximum atomic E-state index is 13.2. The molecule has 2 unspecified atom stereocenters. The van der Waals surface area contributed by atoms with Crippen molar-refractivity contribution in [1.29, 1.82) is 0 Å². The molecule has 2 aliphatic rings. The van der Waals surface area contributed by atoms with Gasteiger partial charge in [0.05, 0.1) is 12.0 Å². The van der Waals surface area contributed by atoms with Crippen LogP contribution in [-0.4, -0.2) is 59.3 Å². The Morgan fingerprint density at radius 2 is 1.59 bits per heavy atom. The molecule has 3 aromatic rings. The average Bonchev–Trinajstić information content (AvgIpc) is 3.44. The Hall–Kier alpha value is -4.17. The number of fused-ring (bicyclic) bond motifs is 3. The van der Waals surface area contributed by atoms with E-state index in [0.29, 0.717) is 6.54 Å². The number of aliphatic carboxylic acids is 1. The van der Waals surface area contributed by atoms with E-state index in [9.17, 15) is 19.5 Å². The van der Waals surface area contributed by atoms with E-state index < -0.39 is 36.0 Å². The van der Waals surface area contributed by atoms with Crippen LogP contribution in [-0.2, 0) is 20.9 Å². The van der Waals surface area contributed by atoms with Gasteiger partial charge < -0.3 is 20.5 Å². The summed E-state index contributed by atoms with van der Waals surface area (Å²) in [6, 6.07) is 24.8. The number of amides is 2. The maximum Gasteiger partial charge on any atom is 0.407 e. The van der Waals surface area contributed by atoms with Crippen molar-refractivity contribution in [2.75, 3.05) is 19.7 Å². The van der Waals surface area contributed by atoms with E-state index >= 15 is 0 Å². The van der Waals surface area contributed by atoms with Crippen LogP contribution in [0, 0.1) is 0 Å². The minimum atomic E-state index is -1.25. The first kappa shape index (κ1) is 26.4. The summed E-state index contributed by atoms with van der Waals surface area (Å²) in [6.45, 7) is 4.21. The summed E-state index contributed by atoms with van der Waals surface area (Å²) in [7, 11) is 0. The number of rotatable bonds is 9. The minimum absolute atomic E-state index is 0.0768. The number of hydrogen-bond donors (Lipinski definition) is 3. The van der Waals surface area contributed by atoms with Crippen molar-refractivity contribution >= 4 is 18.0 Å². The molecule has 1 aliphatic heterocycles. The van der Waals surface area contributed by atoms with Crippen LogP contribution < -0.4 is 10.6 Å². The molecule has 2 atom stereocenters. The first-order valence-electron chi connectivity index (χ1n) is 13.2. The molecule has 8 nitrogen and oxygen atoms in total. The van der Waals surface area contributed by atoms with Crippen LogP contribution in [0.5, 0.6) is 0 Å². The van der Waals surface area contributed by atoms with Crippen LogP contribution in [0.2, 0.25) is 0 Å². The normalized spacial score (nSPS) is 19.1. The van der Waals surface area contributed by atoms with Gasteiger partial charge in [-0.1, -0.05) is 78.9 Å². The second-order valence-corrected chi connectivity index (χ2v) is 10.6. The van der Waals surface area contributed by atoms with Gasteiger partial charge in [0.1, 0.15) is 12.6 Å².